The van der Waals surface area contributed by atoms with E-state index in [0.717, 1.165) is 5.75 Å². The number of hydrogen-bond donors (Lipinski definition) is 2. The second-order valence-corrected chi connectivity index (χ2v) is 4.77. The van der Waals surface area contributed by atoms with Crippen molar-refractivity contribution in [2.45, 2.75) is 25.8 Å². The smallest absolute Gasteiger partial charge is 0.304 e. The standard InChI is InChI=1S/C15H22N2O4/c1-4-13(17(2)10-9-14(18)19)15(20)16-11-5-7-12(21-3)8-6-11/h5-8,13H,4,9-10H2,1-3H3,(H,16,20)(H,18,19). The molecule has 0 saturated carbocycles. The molecular weight excluding hydrogens is 272 g/mol. The largest absolute Gasteiger partial charge is 0.497 e. The molecule has 0 heterocycles. The van der Waals surface area contributed by atoms with E-state index in [0.29, 0.717) is 18.7 Å². The van der Waals surface area contributed by atoms with E-state index >= 15 is 0 Å². The molecule has 1 aromatic carbocycles. The Bertz CT molecular complexity index is 473. The second kappa shape index (κ2) is 8.26. The number of anilines is 1. The average Bonchev–Trinajstić information content (AvgIpc) is 2.46. The van der Waals surface area contributed by atoms with E-state index in [4.69, 9.17) is 9.84 Å². The summed E-state index contributed by atoms with van der Waals surface area (Å²) in [5.74, 6) is -0.290. The van der Waals surface area contributed by atoms with Gasteiger partial charge in [-0.1, -0.05) is 6.92 Å². The van der Waals surface area contributed by atoms with E-state index in [2.05, 4.69) is 5.32 Å². The lowest BCUT2D eigenvalue weighted by Gasteiger charge is -2.25. The number of nitrogens with one attached hydrogen (secondary N) is 1. The van der Waals surface area contributed by atoms with Crippen LogP contribution >= 0.6 is 0 Å². The number of benzene rings is 1. The van der Waals surface area contributed by atoms with Crippen LogP contribution in [0, 0.1) is 0 Å². The molecule has 0 spiro atoms. The van der Waals surface area contributed by atoms with Crippen LogP contribution in [0.3, 0.4) is 0 Å². The van der Waals surface area contributed by atoms with Crippen molar-refractivity contribution in [3.05, 3.63) is 24.3 Å². The van der Waals surface area contributed by atoms with Gasteiger partial charge in [-0.25, -0.2) is 0 Å². The highest BCUT2D eigenvalue weighted by Crippen LogP contribution is 2.16. The van der Waals surface area contributed by atoms with Crippen molar-refractivity contribution < 1.29 is 19.4 Å². The maximum Gasteiger partial charge on any atom is 0.304 e. The molecule has 6 nitrogen and oxygen atoms in total. The van der Waals surface area contributed by atoms with Gasteiger partial charge in [0.25, 0.3) is 0 Å². The first-order valence-electron chi connectivity index (χ1n) is 6.84. The van der Waals surface area contributed by atoms with E-state index in [1.54, 1.807) is 43.3 Å². The number of amides is 1. The molecule has 1 atom stereocenters. The van der Waals surface area contributed by atoms with Crippen molar-refractivity contribution in [1.82, 2.24) is 4.90 Å². The summed E-state index contributed by atoms with van der Waals surface area (Å²) in [4.78, 5) is 24.6. The van der Waals surface area contributed by atoms with Gasteiger partial charge in [-0.15, -0.1) is 0 Å². The molecule has 116 valence electrons. The van der Waals surface area contributed by atoms with Gasteiger partial charge in [0.1, 0.15) is 5.75 Å². The molecule has 0 aliphatic heterocycles. The summed E-state index contributed by atoms with van der Waals surface area (Å²) < 4.78 is 5.06. The number of carbonyl (C=O) groups excluding carboxylic acids is 1. The number of carboxylic acids is 1. The molecule has 1 aromatic rings. The fraction of sp³-hybridized carbons (Fsp3) is 0.467. The molecule has 0 radical (unpaired) electrons. The van der Waals surface area contributed by atoms with E-state index in [1.165, 1.54) is 0 Å². The summed E-state index contributed by atoms with van der Waals surface area (Å²) in [6.45, 7) is 2.24. The van der Waals surface area contributed by atoms with E-state index in [9.17, 15) is 9.59 Å². The molecule has 0 aliphatic carbocycles. The molecular formula is C15H22N2O4. The fourth-order valence-corrected chi connectivity index (χ4v) is 2.02. The summed E-state index contributed by atoms with van der Waals surface area (Å²) in [5, 5.41) is 11.5. The van der Waals surface area contributed by atoms with Crippen molar-refractivity contribution in [3.63, 3.8) is 0 Å². The minimum absolute atomic E-state index is 0.0167. The number of likely N-dealkylation sites (N-methyl/N-ethyl adjacent to an activating group) is 1. The van der Waals surface area contributed by atoms with Gasteiger partial charge in [0.2, 0.25) is 5.91 Å². The Labute approximate surface area is 124 Å². The normalized spacial score (nSPS) is 12.0. The molecule has 0 bridgehead atoms. The first-order valence-corrected chi connectivity index (χ1v) is 6.84. The van der Waals surface area contributed by atoms with Gasteiger partial charge in [0, 0.05) is 12.2 Å². The van der Waals surface area contributed by atoms with Gasteiger partial charge in [-0.05, 0) is 37.7 Å². The summed E-state index contributed by atoms with van der Waals surface area (Å²) in [6, 6.07) is 6.71. The number of carboxylic acid groups (broad SMARTS) is 1. The van der Waals surface area contributed by atoms with Crippen LogP contribution in [0.25, 0.3) is 0 Å². The Morgan fingerprint density at radius 1 is 1.33 bits per heavy atom. The Balaban J connectivity index is 2.62. The van der Waals surface area contributed by atoms with Crippen LogP contribution in [-0.4, -0.2) is 48.6 Å². The fourth-order valence-electron chi connectivity index (χ4n) is 2.02. The Morgan fingerprint density at radius 3 is 2.43 bits per heavy atom. The molecule has 1 amide bonds. The van der Waals surface area contributed by atoms with Gasteiger partial charge in [-0.3, -0.25) is 14.5 Å². The van der Waals surface area contributed by atoms with Crippen molar-refractivity contribution in [1.29, 1.82) is 0 Å². The van der Waals surface area contributed by atoms with Gasteiger partial charge in [0.05, 0.1) is 19.6 Å². The number of methoxy groups -OCH3 is 1. The molecule has 1 unspecified atom stereocenters. The monoisotopic (exact) mass is 294 g/mol. The topological polar surface area (TPSA) is 78.9 Å². The zero-order valence-corrected chi connectivity index (χ0v) is 12.6. The zero-order chi connectivity index (χ0) is 15.8. The SMILES string of the molecule is CCC(C(=O)Nc1ccc(OC)cc1)N(C)CCC(=O)O. The molecule has 0 aromatic heterocycles. The first kappa shape index (κ1) is 17.0. The maximum absolute atomic E-state index is 12.3. The van der Waals surface area contributed by atoms with E-state index < -0.39 is 5.97 Å². The van der Waals surface area contributed by atoms with Crippen LogP contribution < -0.4 is 10.1 Å². The summed E-state index contributed by atoms with van der Waals surface area (Å²) in [7, 11) is 3.34. The Hall–Kier alpha value is -2.08. The number of nitrogens with zero attached hydrogens (tertiary/aromatic N) is 1. The Morgan fingerprint density at radius 2 is 1.95 bits per heavy atom. The van der Waals surface area contributed by atoms with Gasteiger partial charge in [0.15, 0.2) is 0 Å². The predicted octanol–water partition coefficient (Wildman–Crippen LogP) is 1.82. The maximum atomic E-state index is 12.3. The van der Waals surface area contributed by atoms with Crippen molar-refractivity contribution in [2.75, 3.05) is 26.0 Å². The second-order valence-electron chi connectivity index (χ2n) is 4.77. The lowest BCUT2D eigenvalue weighted by atomic mass is 10.1. The van der Waals surface area contributed by atoms with Crippen LogP contribution in [0.1, 0.15) is 19.8 Å². The van der Waals surface area contributed by atoms with Crippen LogP contribution in [0.2, 0.25) is 0 Å². The summed E-state index contributed by atoms with van der Waals surface area (Å²) in [6.07, 6.45) is 0.626. The zero-order valence-electron chi connectivity index (χ0n) is 12.6. The molecule has 1 rings (SSSR count). The molecule has 0 fully saturated rings. The summed E-state index contributed by atoms with van der Waals surface area (Å²) in [5.41, 5.74) is 0.686. The minimum Gasteiger partial charge on any atom is -0.497 e. The highest BCUT2D eigenvalue weighted by molar-refractivity contribution is 5.94. The van der Waals surface area contributed by atoms with Crippen LogP contribution in [0.5, 0.6) is 5.75 Å². The number of aliphatic carboxylic acids is 1. The first-order chi connectivity index (χ1) is 9.97. The van der Waals surface area contributed by atoms with Gasteiger partial charge in [-0.2, -0.15) is 0 Å². The number of rotatable bonds is 8. The highest BCUT2D eigenvalue weighted by Gasteiger charge is 2.21. The third-order valence-electron chi connectivity index (χ3n) is 3.26. The summed E-state index contributed by atoms with van der Waals surface area (Å²) >= 11 is 0. The van der Waals surface area contributed by atoms with Crippen LogP contribution in [0.15, 0.2) is 24.3 Å². The number of carbonyl (C=O) groups is 2. The average molecular weight is 294 g/mol. The molecule has 2 N–H and O–H groups in total. The Kier molecular flexibility index (Phi) is 6.68. The number of hydrogen-bond acceptors (Lipinski definition) is 4. The van der Waals surface area contributed by atoms with Crippen molar-refractivity contribution in [2.24, 2.45) is 0 Å². The van der Waals surface area contributed by atoms with Crippen LogP contribution in [0.4, 0.5) is 5.69 Å². The van der Waals surface area contributed by atoms with Gasteiger partial charge < -0.3 is 15.2 Å². The highest BCUT2D eigenvalue weighted by atomic mass is 16.5. The third kappa shape index (κ3) is 5.43. The molecule has 0 saturated heterocycles. The van der Waals surface area contributed by atoms with E-state index in [1.807, 2.05) is 6.92 Å². The van der Waals surface area contributed by atoms with Gasteiger partial charge >= 0.3 is 5.97 Å². The predicted molar refractivity (Wildman–Crippen MR) is 80.6 cm³/mol. The van der Waals surface area contributed by atoms with E-state index in [-0.39, 0.29) is 18.4 Å². The minimum atomic E-state index is -0.868. The molecule has 6 heteroatoms. The lowest BCUT2D eigenvalue weighted by molar-refractivity contribution is -0.137. The number of ether oxygens (including phenoxy) is 1. The molecule has 21 heavy (non-hydrogen) atoms. The van der Waals surface area contributed by atoms with Crippen molar-refractivity contribution >= 4 is 17.6 Å². The van der Waals surface area contributed by atoms with Crippen LogP contribution in [-0.2, 0) is 9.59 Å². The van der Waals surface area contributed by atoms with Crippen molar-refractivity contribution in [3.8, 4) is 5.75 Å². The lowest BCUT2D eigenvalue weighted by Crippen LogP contribution is -2.42. The quantitative estimate of drug-likeness (QED) is 0.764. The molecule has 0 aliphatic rings. The third-order valence-corrected chi connectivity index (χ3v) is 3.26.